The molecule has 0 spiro atoms. The van der Waals surface area contributed by atoms with Gasteiger partial charge < -0.3 is 30.8 Å². The zero-order chi connectivity index (χ0) is 24.7. The third-order valence-corrected chi connectivity index (χ3v) is 7.27. The Bertz CT molecular complexity index is 1410. The standard InChI is InChI=1S/C19H17N9O5S2/c1-33-25-10(13-24-19(20)35-26-13)15(29)23-11-16(30)28-12(18(31)32)8(6-34-17(11)28)5-27-4-2-3-9-14(27)22-7-21-9/h2-4,7,11,17H,5-6H2,1H3,(H4,20,23,24,26,29,31,32)/b25-10+. The van der Waals surface area contributed by atoms with Crippen LogP contribution in [0.1, 0.15) is 5.82 Å². The second-order valence-electron chi connectivity index (χ2n) is 7.46. The van der Waals surface area contributed by atoms with Crippen molar-refractivity contribution in [1.29, 1.82) is 0 Å². The fraction of sp³-hybridized carbons (Fsp3) is 0.263. The van der Waals surface area contributed by atoms with Crippen molar-refractivity contribution in [2.75, 3.05) is 18.6 Å². The minimum Gasteiger partial charge on any atom is -0.543 e. The molecule has 2 aliphatic rings. The lowest BCUT2D eigenvalue weighted by atomic mass is 10.0. The van der Waals surface area contributed by atoms with Crippen LogP contribution in [-0.4, -0.2) is 72.0 Å². The number of oxime groups is 1. The van der Waals surface area contributed by atoms with Gasteiger partial charge in [0.1, 0.15) is 30.6 Å². The molecule has 1 fully saturated rings. The molecule has 2 aliphatic heterocycles. The van der Waals surface area contributed by atoms with E-state index >= 15 is 0 Å². The number of carboxylic acids is 1. The van der Waals surface area contributed by atoms with Gasteiger partial charge in [-0.3, -0.25) is 14.5 Å². The van der Waals surface area contributed by atoms with Crippen molar-refractivity contribution >= 4 is 63.1 Å². The summed E-state index contributed by atoms with van der Waals surface area (Å²) in [4.78, 5) is 54.9. The van der Waals surface area contributed by atoms with Crippen LogP contribution in [0.4, 0.5) is 5.13 Å². The third kappa shape index (κ3) is 3.95. The number of hydrogen-bond acceptors (Lipinski definition) is 12. The van der Waals surface area contributed by atoms with Gasteiger partial charge in [0.2, 0.25) is 17.9 Å². The van der Waals surface area contributed by atoms with Crippen LogP contribution in [0.3, 0.4) is 0 Å². The molecule has 180 valence electrons. The van der Waals surface area contributed by atoms with Crippen molar-refractivity contribution in [2.24, 2.45) is 5.16 Å². The van der Waals surface area contributed by atoms with Crippen LogP contribution in [0.15, 0.2) is 41.1 Å². The second kappa shape index (κ2) is 8.95. The fourth-order valence-electron chi connectivity index (χ4n) is 3.90. The first kappa shape index (κ1) is 22.7. The van der Waals surface area contributed by atoms with Crippen LogP contribution < -0.4 is 20.7 Å². The van der Waals surface area contributed by atoms with E-state index in [1.165, 1.54) is 18.9 Å². The second-order valence-corrected chi connectivity index (χ2v) is 9.34. The Morgan fingerprint density at radius 1 is 1.49 bits per heavy atom. The van der Waals surface area contributed by atoms with Crippen molar-refractivity contribution in [3.8, 4) is 0 Å². The molecule has 0 aliphatic carbocycles. The van der Waals surface area contributed by atoms with Crippen molar-refractivity contribution in [3.63, 3.8) is 0 Å². The zero-order valence-corrected chi connectivity index (χ0v) is 19.6. The Hall–Kier alpha value is -4.05. The molecular weight excluding hydrogens is 498 g/mol. The molecule has 2 unspecified atom stereocenters. The minimum absolute atomic E-state index is 0.0473. The Kier molecular flexibility index (Phi) is 5.81. The Morgan fingerprint density at radius 3 is 3.03 bits per heavy atom. The van der Waals surface area contributed by atoms with Gasteiger partial charge in [-0.1, -0.05) is 5.16 Å². The molecule has 35 heavy (non-hydrogen) atoms. The maximum atomic E-state index is 13.0. The van der Waals surface area contributed by atoms with Crippen LogP contribution in [0, 0.1) is 0 Å². The molecule has 0 aromatic carbocycles. The van der Waals surface area contributed by atoms with E-state index < -0.39 is 29.2 Å². The quantitative estimate of drug-likeness (QED) is 0.134. The fourth-order valence-corrected chi connectivity index (χ4v) is 5.67. The summed E-state index contributed by atoms with van der Waals surface area (Å²) in [5.74, 6) is -2.55. The van der Waals surface area contributed by atoms with E-state index in [-0.39, 0.29) is 28.9 Å². The van der Waals surface area contributed by atoms with E-state index in [1.54, 1.807) is 17.1 Å². The van der Waals surface area contributed by atoms with Gasteiger partial charge in [0.05, 0.1) is 17.9 Å². The molecule has 4 N–H and O–H groups in total. The number of anilines is 1. The van der Waals surface area contributed by atoms with E-state index in [4.69, 9.17) is 10.6 Å². The first-order valence-corrected chi connectivity index (χ1v) is 11.9. The van der Waals surface area contributed by atoms with Gasteiger partial charge in [0.15, 0.2) is 5.13 Å². The number of amides is 2. The molecule has 0 saturated carbocycles. The SMILES string of the molecule is CO/N=C(/C(=O)NC1C(=O)N2C(C(=O)[O-])=C(C[n+]3cccc4[nH]cnc43)CSC12)c1nsc(N)n1. The number of nitrogens with zero attached hydrogens (tertiary/aromatic N) is 6. The molecule has 16 heteroatoms. The number of aliphatic carboxylic acids is 1. The maximum Gasteiger partial charge on any atom is 0.348 e. The van der Waals surface area contributed by atoms with Crippen LogP contribution in [0.25, 0.3) is 11.2 Å². The maximum absolute atomic E-state index is 13.0. The molecule has 5 heterocycles. The lowest BCUT2D eigenvalue weighted by Gasteiger charge is -2.50. The van der Waals surface area contributed by atoms with Gasteiger partial charge in [-0.25, -0.2) is 4.57 Å². The molecule has 5 rings (SSSR count). The number of thioether (sulfide) groups is 1. The monoisotopic (exact) mass is 515 g/mol. The Morgan fingerprint density at radius 2 is 2.31 bits per heavy atom. The van der Waals surface area contributed by atoms with Crippen LogP contribution >= 0.6 is 23.3 Å². The topological polar surface area (TPSA) is 195 Å². The predicted molar refractivity (Wildman–Crippen MR) is 121 cm³/mol. The molecule has 3 aromatic rings. The Balaban J connectivity index is 1.38. The number of imidazole rings is 1. The molecule has 2 amide bonds. The number of carbonyl (C=O) groups is 3. The smallest absolute Gasteiger partial charge is 0.348 e. The summed E-state index contributed by atoms with van der Waals surface area (Å²) in [5, 5.41) is 17.8. The van der Waals surface area contributed by atoms with E-state index in [2.05, 4.69) is 29.8 Å². The molecule has 14 nitrogen and oxygen atoms in total. The van der Waals surface area contributed by atoms with E-state index in [9.17, 15) is 19.5 Å². The van der Waals surface area contributed by atoms with Crippen molar-refractivity contribution in [1.82, 2.24) is 29.5 Å². The number of H-pyrrole nitrogens is 1. The lowest BCUT2D eigenvalue weighted by molar-refractivity contribution is -0.664. The van der Waals surface area contributed by atoms with Gasteiger partial charge >= 0.3 is 5.65 Å². The number of pyridine rings is 1. The van der Waals surface area contributed by atoms with E-state index in [1.807, 2.05) is 12.1 Å². The summed E-state index contributed by atoms with van der Waals surface area (Å²) in [5.41, 5.74) is 7.04. The summed E-state index contributed by atoms with van der Waals surface area (Å²) in [6, 6.07) is 2.67. The Labute approximate surface area is 205 Å². The number of nitrogens with two attached hydrogens (primary N) is 1. The highest BCUT2D eigenvalue weighted by atomic mass is 32.2. The summed E-state index contributed by atoms with van der Waals surface area (Å²) < 4.78 is 5.73. The summed E-state index contributed by atoms with van der Waals surface area (Å²) >= 11 is 2.20. The largest absolute Gasteiger partial charge is 0.543 e. The average molecular weight is 516 g/mol. The number of hydrogen-bond donors (Lipinski definition) is 3. The number of aromatic nitrogens is 5. The van der Waals surface area contributed by atoms with Gasteiger partial charge in [0.25, 0.3) is 11.8 Å². The number of nitrogen functional groups attached to an aromatic ring is 1. The number of carbonyl (C=O) groups excluding carboxylic acids is 3. The van der Waals surface area contributed by atoms with Crippen molar-refractivity contribution < 1.29 is 28.9 Å². The number of β-lactam (4-membered cyclic amide) rings is 1. The van der Waals surface area contributed by atoms with Crippen LogP contribution in [-0.2, 0) is 25.8 Å². The highest BCUT2D eigenvalue weighted by molar-refractivity contribution is 8.00. The minimum atomic E-state index is -1.47. The number of nitrogens with one attached hydrogen (secondary N) is 2. The normalized spacial score (nSPS) is 20.0. The predicted octanol–water partition coefficient (Wildman–Crippen LogP) is -2.26. The molecule has 3 aromatic heterocycles. The van der Waals surface area contributed by atoms with Crippen LogP contribution in [0.5, 0.6) is 0 Å². The highest BCUT2D eigenvalue weighted by Crippen LogP contribution is 2.40. The van der Waals surface area contributed by atoms with Gasteiger partial charge in [-0.2, -0.15) is 9.36 Å². The summed E-state index contributed by atoms with van der Waals surface area (Å²) in [6.45, 7) is 0.202. The van der Waals surface area contributed by atoms with Gasteiger partial charge in [-0.05, 0) is 17.1 Å². The molecule has 2 atom stereocenters. The van der Waals surface area contributed by atoms with E-state index in [0.29, 0.717) is 17.0 Å². The number of aromatic amines is 1. The van der Waals surface area contributed by atoms with Crippen molar-refractivity contribution in [3.05, 3.63) is 41.8 Å². The molecule has 1 saturated heterocycles. The van der Waals surface area contributed by atoms with Crippen LogP contribution in [0.2, 0.25) is 0 Å². The molecule has 0 radical (unpaired) electrons. The van der Waals surface area contributed by atoms with Gasteiger partial charge in [-0.15, -0.1) is 11.8 Å². The molecule has 0 bridgehead atoms. The summed E-state index contributed by atoms with van der Waals surface area (Å²) in [7, 11) is 1.25. The zero-order valence-electron chi connectivity index (χ0n) is 18.0. The summed E-state index contributed by atoms with van der Waals surface area (Å²) in [6.07, 6.45) is 3.32. The number of carboxylic acid groups (broad SMARTS) is 1. The van der Waals surface area contributed by atoms with Gasteiger partial charge in [0, 0.05) is 22.9 Å². The average Bonchev–Trinajstić information content (AvgIpc) is 3.49. The van der Waals surface area contributed by atoms with E-state index in [0.717, 1.165) is 21.9 Å². The highest BCUT2D eigenvalue weighted by Gasteiger charge is 2.53. The first-order chi connectivity index (χ1) is 16.9. The third-order valence-electron chi connectivity index (χ3n) is 5.39. The number of fused-ring (bicyclic) bond motifs is 2. The number of rotatable bonds is 7. The lowest BCUT2D eigenvalue weighted by Crippen LogP contribution is -2.71. The molecular formula is C19H17N9O5S2. The first-order valence-electron chi connectivity index (χ1n) is 10.1. The van der Waals surface area contributed by atoms with Crippen molar-refractivity contribution in [2.45, 2.75) is 18.0 Å².